The van der Waals surface area contributed by atoms with Crippen molar-refractivity contribution in [1.29, 1.82) is 0 Å². The molecular weight excluding hydrogens is 345 g/mol. The van der Waals surface area contributed by atoms with Gasteiger partial charge < -0.3 is 24.6 Å². The lowest BCUT2D eigenvalue weighted by Gasteiger charge is -2.33. The highest BCUT2D eigenvalue weighted by molar-refractivity contribution is 8.07. The maximum Gasteiger partial charge on any atom is 0.351 e. The number of rotatable bonds is 4. The Morgan fingerprint density at radius 1 is 1.70 bits per heavy atom. The van der Waals surface area contributed by atoms with Crippen molar-refractivity contribution in [3.05, 3.63) is 35.4 Å². The summed E-state index contributed by atoms with van der Waals surface area (Å²) >= 11 is 5.23. The standard InChI is InChI=1S/C12H16N3O6PS/c1-2-5-18-22(23)19-6-7-10(21-22)9(16)11(20-7)15-4-3-8(13)14-12(15)17/h2-4,7,9-11,16H,1,5-6H2,(H2,13,14,17)/t7-,9?,10?,11-,22?/m1/s1. The van der Waals surface area contributed by atoms with Crippen LogP contribution in [-0.2, 0) is 30.1 Å². The minimum absolute atomic E-state index is 0.0871. The van der Waals surface area contributed by atoms with E-state index in [2.05, 4.69) is 11.6 Å². The van der Waals surface area contributed by atoms with Gasteiger partial charge in [0.25, 0.3) is 0 Å². The molecule has 0 saturated carbocycles. The van der Waals surface area contributed by atoms with E-state index >= 15 is 0 Å². The van der Waals surface area contributed by atoms with Crippen molar-refractivity contribution in [3.63, 3.8) is 0 Å². The highest BCUT2D eigenvalue weighted by Crippen LogP contribution is 2.56. The fourth-order valence-electron chi connectivity index (χ4n) is 2.39. The van der Waals surface area contributed by atoms with Gasteiger partial charge in [0.2, 0.25) is 0 Å². The van der Waals surface area contributed by atoms with E-state index in [4.69, 9.17) is 35.8 Å². The van der Waals surface area contributed by atoms with Crippen molar-refractivity contribution in [2.45, 2.75) is 24.5 Å². The van der Waals surface area contributed by atoms with Gasteiger partial charge in [-0.15, -0.1) is 6.58 Å². The summed E-state index contributed by atoms with van der Waals surface area (Å²) in [6.45, 7) is 0.834. The van der Waals surface area contributed by atoms with E-state index in [0.717, 1.165) is 4.57 Å². The Kier molecular flexibility index (Phi) is 4.65. The second-order valence-electron chi connectivity index (χ2n) is 5.00. The number of nitrogen functional groups attached to an aromatic ring is 1. The second kappa shape index (κ2) is 6.40. The zero-order chi connectivity index (χ0) is 16.6. The van der Waals surface area contributed by atoms with Gasteiger partial charge in [-0.3, -0.25) is 9.09 Å². The summed E-state index contributed by atoms with van der Waals surface area (Å²) in [5.74, 6) is 0.0871. The van der Waals surface area contributed by atoms with Crippen LogP contribution in [0.15, 0.2) is 29.7 Å². The van der Waals surface area contributed by atoms with Crippen molar-refractivity contribution in [1.82, 2.24) is 9.55 Å². The molecule has 23 heavy (non-hydrogen) atoms. The highest BCUT2D eigenvalue weighted by atomic mass is 32.5. The number of hydrogen-bond donors (Lipinski definition) is 2. The normalized spacial score (nSPS) is 36.6. The molecule has 2 saturated heterocycles. The molecule has 0 aromatic carbocycles. The summed E-state index contributed by atoms with van der Waals surface area (Å²) in [7, 11) is 0. The van der Waals surface area contributed by atoms with Gasteiger partial charge in [0.1, 0.15) is 24.1 Å². The third-order valence-electron chi connectivity index (χ3n) is 3.43. The Morgan fingerprint density at radius 2 is 2.48 bits per heavy atom. The number of ether oxygens (including phenoxy) is 1. The zero-order valence-corrected chi connectivity index (χ0v) is 13.7. The smallest absolute Gasteiger partial charge is 0.351 e. The minimum Gasteiger partial charge on any atom is -0.386 e. The van der Waals surface area contributed by atoms with Crippen LogP contribution in [0.25, 0.3) is 0 Å². The molecule has 0 spiro atoms. The predicted molar refractivity (Wildman–Crippen MR) is 84.1 cm³/mol. The van der Waals surface area contributed by atoms with Crippen LogP contribution in [0.1, 0.15) is 6.23 Å². The molecule has 0 amide bonds. The van der Waals surface area contributed by atoms with Crippen LogP contribution in [0.4, 0.5) is 5.82 Å². The van der Waals surface area contributed by atoms with Crippen molar-refractivity contribution in [2.24, 2.45) is 0 Å². The molecule has 126 valence electrons. The first-order chi connectivity index (χ1) is 10.9. The monoisotopic (exact) mass is 361 g/mol. The van der Waals surface area contributed by atoms with Crippen LogP contribution >= 0.6 is 6.72 Å². The van der Waals surface area contributed by atoms with Crippen molar-refractivity contribution in [2.75, 3.05) is 18.9 Å². The van der Waals surface area contributed by atoms with Crippen molar-refractivity contribution < 1.29 is 23.4 Å². The average Bonchev–Trinajstić information content (AvgIpc) is 2.82. The first-order valence-corrected chi connectivity index (χ1v) is 9.36. The summed E-state index contributed by atoms with van der Waals surface area (Å²) in [5.41, 5.74) is 4.82. The number of nitrogens with two attached hydrogens (primary N) is 1. The first kappa shape index (κ1) is 16.7. The Hall–Kier alpha value is -1.13. The summed E-state index contributed by atoms with van der Waals surface area (Å²) in [4.78, 5) is 15.5. The minimum atomic E-state index is -2.98. The molecule has 2 aliphatic rings. The van der Waals surface area contributed by atoms with Crippen LogP contribution in [0.3, 0.4) is 0 Å². The molecule has 9 nitrogen and oxygen atoms in total. The zero-order valence-electron chi connectivity index (χ0n) is 12.0. The first-order valence-electron chi connectivity index (χ1n) is 6.80. The van der Waals surface area contributed by atoms with Crippen LogP contribution in [0.2, 0.25) is 0 Å². The molecule has 0 radical (unpaired) electrons. The van der Waals surface area contributed by atoms with Crippen LogP contribution in [-0.4, -0.2) is 46.2 Å². The van der Waals surface area contributed by atoms with Gasteiger partial charge in [-0.2, -0.15) is 4.98 Å². The van der Waals surface area contributed by atoms with Gasteiger partial charge in [-0.25, -0.2) is 4.79 Å². The Labute approximate surface area is 136 Å². The lowest BCUT2D eigenvalue weighted by Crippen LogP contribution is -2.40. The van der Waals surface area contributed by atoms with Gasteiger partial charge >= 0.3 is 12.4 Å². The maximum atomic E-state index is 11.9. The molecule has 2 fully saturated rings. The van der Waals surface area contributed by atoms with Crippen LogP contribution < -0.4 is 11.4 Å². The Morgan fingerprint density at radius 3 is 3.17 bits per heavy atom. The molecule has 5 atom stereocenters. The molecular formula is C12H16N3O6PS. The van der Waals surface area contributed by atoms with E-state index < -0.39 is 36.9 Å². The van der Waals surface area contributed by atoms with Crippen molar-refractivity contribution in [3.8, 4) is 0 Å². The number of nitrogens with zero attached hydrogens (tertiary/aromatic N) is 2. The number of fused-ring (bicyclic) bond motifs is 1. The molecule has 11 heteroatoms. The summed E-state index contributed by atoms with van der Waals surface area (Å²) in [5, 5.41) is 10.5. The van der Waals surface area contributed by atoms with E-state index in [0.29, 0.717) is 0 Å². The predicted octanol–water partition coefficient (Wildman–Crippen LogP) is -0.0737. The van der Waals surface area contributed by atoms with Gasteiger partial charge in [0, 0.05) is 6.20 Å². The average molecular weight is 361 g/mol. The molecule has 3 N–H and O–H groups in total. The van der Waals surface area contributed by atoms with E-state index in [9.17, 15) is 9.90 Å². The van der Waals surface area contributed by atoms with Gasteiger partial charge in [-0.05, 0) is 17.9 Å². The maximum absolute atomic E-state index is 11.9. The SMILES string of the molecule is C=CCOP1(=S)OC[C@H]2O[C@@H](n3ccc(N)nc3=O)C(O)C2O1. The van der Waals surface area contributed by atoms with E-state index in [-0.39, 0.29) is 19.0 Å². The number of hydrogen-bond acceptors (Lipinski definition) is 9. The van der Waals surface area contributed by atoms with Crippen LogP contribution in [0.5, 0.6) is 0 Å². The number of aromatic nitrogens is 2. The fraction of sp³-hybridized carbons (Fsp3) is 0.500. The molecule has 3 heterocycles. The quantitative estimate of drug-likeness (QED) is 0.561. The highest BCUT2D eigenvalue weighted by Gasteiger charge is 2.51. The Bertz CT molecular complexity index is 712. The molecule has 1 aromatic rings. The van der Waals surface area contributed by atoms with Gasteiger partial charge in [0.05, 0.1) is 13.2 Å². The third kappa shape index (κ3) is 3.24. The Balaban J connectivity index is 1.81. The molecule has 2 aliphatic heterocycles. The summed E-state index contributed by atoms with van der Waals surface area (Å²) in [6, 6.07) is 1.44. The van der Waals surface area contributed by atoms with E-state index in [1.807, 2.05) is 0 Å². The molecule has 3 unspecified atom stereocenters. The van der Waals surface area contributed by atoms with E-state index in [1.165, 1.54) is 18.3 Å². The van der Waals surface area contributed by atoms with Crippen molar-refractivity contribution >= 4 is 24.3 Å². The van der Waals surface area contributed by atoms with Crippen LogP contribution in [0, 0.1) is 0 Å². The molecule has 1 aromatic heterocycles. The van der Waals surface area contributed by atoms with Gasteiger partial charge in [0.15, 0.2) is 6.23 Å². The second-order valence-corrected chi connectivity index (χ2v) is 7.96. The van der Waals surface area contributed by atoms with E-state index in [1.54, 1.807) is 0 Å². The molecule has 0 bridgehead atoms. The fourth-order valence-corrected chi connectivity index (χ4v) is 4.42. The summed E-state index contributed by atoms with van der Waals surface area (Å²) < 4.78 is 23.2. The molecule has 0 aliphatic carbocycles. The number of aliphatic hydroxyl groups is 1. The number of aliphatic hydroxyl groups excluding tert-OH is 1. The lowest BCUT2D eigenvalue weighted by molar-refractivity contribution is -0.0638. The summed E-state index contributed by atoms with van der Waals surface area (Å²) in [6.07, 6.45) is -0.480. The third-order valence-corrected chi connectivity index (χ3v) is 5.76. The largest absolute Gasteiger partial charge is 0.386 e. The number of anilines is 1. The molecule has 3 rings (SSSR count). The topological polar surface area (TPSA) is 118 Å². The van der Waals surface area contributed by atoms with Gasteiger partial charge in [-0.1, -0.05) is 6.08 Å². The lowest BCUT2D eigenvalue weighted by atomic mass is 10.1.